The summed E-state index contributed by atoms with van der Waals surface area (Å²) in [5, 5.41) is 21.4. The van der Waals surface area contributed by atoms with E-state index >= 15 is 0 Å². The second-order valence-corrected chi connectivity index (χ2v) is 6.84. The van der Waals surface area contributed by atoms with Crippen molar-refractivity contribution in [3.05, 3.63) is 60.8 Å². The lowest BCUT2D eigenvalue weighted by Crippen LogP contribution is -2.17. The first kappa shape index (κ1) is 19.7. The van der Waals surface area contributed by atoms with Gasteiger partial charge in [0.2, 0.25) is 5.95 Å². The van der Waals surface area contributed by atoms with Gasteiger partial charge >= 0.3 is 0 Å². The predicted molar refractivity (Wildman–Crippen MR) is 118 cm³/mol. The molecule has 154 valence electrons. The van der Waals surface area contributed by atoms with Crippen LogP contribution in [0.15, 0.2) is 60.8 Å². The minimum Gasteiger partial charge on any atom is -0.494 e. The van der Waals surface area contributed by atoms with Crippen molar-refractivity contribution in [1.29, 1.82) is 0 Å². The number of aliphatic hydroxyl groups is 1. The Labute approximate surface area is 174 Å². The third-order valence-corrected chi connectivity index (χ3v) is 4.41. The molecule has 3 N–H and O–H groups in total. The van der Waals surface area contributed by atoms with E-state index in [-0.39, 0.29) is 0 Å². The number of anilines is 3. The van der Waals surface area contributed by atoms with E-state index < -0.39 is 6.10 Å². The molecule has 4 aromatic rings. The molecule has 30 heavy (non-hydrogen) atoms. The Balaban J connectivity index is 1.74. The van der Waals surface area contributed by atoms with Crippen LogP contribution in [-0.4, -0.2) is 44.1 Å². The number of aliphatic hydroxyl groups excluding tert-OH is 1. The number of fused-ring (bicyclic) bond motifs is 1. The van der Waals surface area contributed by atoms with Crippen LogP contribution in [0.25, 0.3) is 16.7 Å². The third kappa shape index (κ3) is 4.33. The van der Waals surface area contributed by atoms with Crippen LogP contribution in [0, 0.1) is 0 Å². The van der Waals surface area contributed by atoms with Crippen LogP contribution in [0.1, 0.15) is 13.8 Å². The van der Waals surface area contributed by atoms with Gasteiger partial charge < -0.3 is 20.5 Å². The molecule has 0 unspecified atom stereocenters. The molecular weight excluding hydrogens is 380 g/mol. The van der Waals surface area contributed by atoms with E-state index in [0.717, 1.165) is 22.5 Å². The summed E-state index contributed by atoms with van der Waals surface area (Å²) in [6.07, 6.45) is 1.23. The quantitative estimate of drug-likeness (QED) is 0.411. The number of aromatic nitrogens is 4. The maximum atomic E-state index is 9.63. The smallest absolute Gasteiger partial charge is 0.226 e. The van der Waals surface area contributed by atoms with E-state index in [2.05, 4.69) is 25.7 Å². The summed E-state index contributed by atoms with van der Waals surface area (Å²) >= 11 is 0. The first-order valence-corrected chi connectivity index (χ1v) is 9.87. The van der Waals surface area contributed by atoms with Crippen LogP contribution in [0.5, 0.6) is 5.75 Å². The zero-order valence-electron chi connectivity index (χ0n) is 16.9. The van der Waals surface area contributed by atoms with E-state index in [9.17, 15) is 5.11 Å². The second-order valence-electron chi connectivity index (χ2n) is 6.84. The van der Waals surface area contributed by atoms with Gasteiger partial charge in [0.25, 0.3) is 0 Å². The Morgan fingerprint density at radius 2 is 1.83 bits per heavy atom. The third-order valence-electron chi connectivity index (χ3n) is 4.41. The highest BCUT2D eigenvalue weighted by molar-refractivity contribution is 5.90. The molecule has 0 aliphatic carbocycles. The lowest BCUT2D eigenvalue weighted by atomic mass is 10.3. The van der Waals surface area contributed by atoms with Crippen molar-refractivity contribution in [3.63, 3.8) is 0 Å². The summed E-state index contributed by atoms with van der Waals surface area (Å²) in [5.74, 6) is 1.85. The molecule has 0 aliphatic rings. The van der Waals surface area contributed by atoms with Crippen LogP contribution >= 0.6 is 0 Å². The predicted octanol–water partition coefficient (Wildman–Crippen LogP) is 3.75. The van der Waals surface area contributed by atoms with E-state index in [1.165, 1.54) is 0 Å². The molecule has 8 nitrogen and oxygen atoms in total. The van der Waals surface area contributed by atoms with Crippen LogP contribution in [0.2, 0.25) is 0 Å². The van der Waals surface area contributed by atoms with Crippen molar-refractivity contribution in [3.8, 4) is 11.4 Å². The number of benzene rings is 2. The SMILES string of the molecule is CCOc1ccc(Nc2nc(NC[C@@H](C)O)nc3c2cnn3-c2ccccc2)cc1. The molecule has 8 heteroatoms. The minimum atomic E-state index is -0.522. The molecule has 0 bridgehead atoms. The summed E-state index contributed by atoms with van der Waals surface area (Å²) < 4.78 is 7.28. The van der Waals surface area contributed by atoms with E-state index in [4.69, 9.17) is 4.74 Å². The monoisotopic (exact) mass is 404 g/mol. The number of ether oxygens (including phenoxy) is 1. The minimum absolute atomic E-state index is 0.341. The fourth-order valence-corrected chi connectivity index (χ4v) is 3.02. The zero-order valence-corrected chi connectivity index (χ0v) is 16.9. The second kappa shape index (κ2) is 8.79. The summed E-state index contributed by atoms with van der Waals surface area (Å²) in [6.45, 7) is 4.62. The van der Waals surface area contributed by atoms with E-state index in [1.807, 2.05) is 61.5 Å². The molecule has 2 aromatic carbocycles. The number of rotatable bonds is 8. The van der Waals surface area contributed by atoms with Gasteiger partial charge in [-0.1, -0.05) is 18.2 Å². The number of hydrogen-bond donors (Lipinski definition) is 3. The number of nitrogens with zero attached hydrogens (tertiary/aromatic N) is 4. The van der Waals surface area contributed by atoms with E-state index in [0.29, 0.717) is 30.6 Å². The molecule has 0 spiro atoms. The summed E-state index contributed by atoms with van der Waals surface area (Å²) in [5.41, 5.74) is 2.44. The molecule has 4 rings (SSSR count). The van der Waals surface area contributed by atoms with Crippen LogP contribution in [-0.2, 0) is 0 Å². The van der Waals surface area contributed by atoms with Crippen molar-refractivity contribution in [2.75, 3.05) is 23.8 Å². The molecular formula is C22H24N6O2. The van der Waals surface area contributed by atoms with E-state index in [1.54, 1.807) is 17.8 Å². The van der Waals surface area contributed by atoms with Gasteiger partial charge in [-0.05, 0) is 50.2 Å². The Hall–Kier alpha value is -3.65. The fraction of sp³-hybridized carbons (Fsp3) is 0.227. The molecule has 1 atom stereocenters. The highest BCUT2D eigenvalue weighted by atomic mass is 16.5. The average Bonchev–Trinajstić information content (AvgIpc) is 3.19. The van der Waals surface area contributed by atoms with Crippen molar-refractivity contribution < 1.29 is 9.84 Å². The highest BCUT2D eigenvalue weighted by Gasteiger charge is 2.15. The van der Waals surface area contributed by atoms with Crippen molar-refractivity contribution in [1.82, 2.24) is 19.7 Å². The molecule has 0 fully saturated rings. The van der Waals surface area contributed by atoms with Gasteiger partial charge in [0.05, 0.1) is 30.0 Å². The highest BCUT2D eigenvalue weighted by Crippen LogP contribution is 2.27. The molecule has 0 amide bonds. The maximum Gasteiger partial charge on any atom is 0.226 e. The molecule has 2 aromatic heterocycles. The number of hydrogen-bond acceptors (Lipinski definition) is 7. The Bertz CT molecular complexity index is 1110. The molecule has 0 aliphatic heterocycles. The van der Waals surface area contributed by atoms with Gasteiger partial charge in [-0.15, -0.1) is 0 Å². The average molecular weight is 404 g/mol. The van der Waals surface area contributed by atoms with Crippen LogP contribution in [0.3, 0.4) is 0 Å². The van der Waals surface area contributed by atoms with Crippen LogP contribution < -0.4 is 15.4 Å². The van der Waals surface area contributed by atoms with Gasteiger partial charge in [-0.3, -0.25) is 0 Å². The first-order valence-electron chi connectivity index (χ1n) is 9.87. The van der Waals surface area contributed by atoms with Crippen LogP contribution in [0.4, 0.5) is 17.5 Å². The number of para-hydroxylation sites is 1. The van der Waals surface area contributed by atoms with Gasteiger partial charge in [-0.25, -0.2) is 4.68 Å². The molecule has 0 saturated carbocycles. The summed E-state index contributed by atoms with van der Waals surface area (Å²) in [7, 11) is 0. The first-order chi connectivity index (χ1) is 14.6. The Morgan fingerprint density at radius 1 is 1.07 bits per heavy atom. The normalized spacial score (nSPS) is 12.0. The van der Waals surface area contributed by atoms with Gasteiger partial charge in [0.15, 0.2) is 5.65 Å². The fourth-order valence-electron chi connectivity index (χ4n) is 3.02. The Morgan fingerprint density at radius 3 is 2.53 bits per heavy atom. The lowest BCUT2D eigenvalue weighted by Gasteiger charge is -2.12. The molecule has 0 radical (unpaired) electrons. The van der Waals surface area contributed by atoms with Crippen molar-refractivity contribution in [2.24, 2.45) is 0 Å². The standard InChI is InChI=1S/C22H24N6O2/c1-3-30-18-11-9-16(10-12-18)25-20-19-14-24-28(17-7-5-4-6-8-17)21(19)27-22(26-20)23-13-15(2)29/h4-12,14-15,29H,3,13H2,1-2H3,(H2,23,25,26,27)/t15-/m1/s1. The summed E-state index contributed by atoms with van der Waals surface area (Å²) in [4.78, 5) is 9.24. The van der Waals surface area contributed by atoms with Gasteiger partial charge in [0, 0.05) is 12.2 Å². The molecule has 2 heterocycles. The van der Waals surface area contributed by atoms with Crippen molar-refractivity contribution >= 4 is 28.5 Å². The van der Waals surface area contributed by atoms with Crippen molar-refractivity contribution in [2.45, 2.75) is 20.0 Å². The van der Waals surface area contributed by atoms with Gasteiger partial charge in [-0.2, -0.15) is 15.1 Å². The zero-order chi connectivity index (χ0) is 20.9. The van der Waals surface area contributed by atoms with Gasteiger partial charge in [0.1, 0.15) is 11.6 Å². The lowest BCUT2D eigenvalue weighted by molar-refractivity contribution is 0.208. The number of nitrogens with one attached hydrogen (secondary N) is 2. The largest absolute Gasteiger partial charge is 0.494 e. The Kier molecular flexibility index (Phi) is 5.76. The summed E-state index contributed by atoms with van der Waals surface area (Å²) in [6, 6.07) is 17.5. The topological polar surface area (TPSA) is 97.1 Å². The molecule has 0 saturated heterocycles. The maximum absolute atomic E-state index is 9.63.